The molecule has 0 amide bonds. The maximum atomic E-state index is 8.74. The molecule has 0 fully saturated rings. The van der Waals surface area contributed by atoms with Gasteiger partial charge >= 0.3 is 29.6 Å². The minimum absolute atomic E-state index is 0. The van der Waals surface area contributed by atoms with Crippen LogP contribution in [0.5, 0.6) is 0 Å². The summed E-state index contributed by atoms with van der Waals surface area (Å²) in [4.78, 5) is 8.74. The monoisotopic (exact) mass is 84.0 g/mol. The maximum absolute atomic E-state index is 8.74. The van der Waals surface area contributed by atoms with Crippen LogP contribution in [-0.4, -0.2) is 0 Å². The summed E-state index contributed by atoms with van der Waals surface area (Å²) in [6.07, 6.45) is 4.32. The normalized spacial score (nSPS) is 5.00. The summed E-state index contributed by atoms with van der Waals surface area (Å²) in [5.74, 6) is 0. The van der Waals surface area contributed by atoms with Crippen LogP contribution >= 0.6 is 8.26 Å². The van der Waals surface area contributed by atoms with Crippen LogP contribution in [0.3, 0.4) is 0 Å². The van der Waals surface area contributed by atoms with Gasteiger partial charge in [-0.05, 0) is 0 Å². The SMILES string of the molecule is C#[PH][O-].[Na+]. The summed E-state index contributed by atoms with van der Waals surface area (Å²) >= 11 is 0. The Kier molecular flexibility index (Phi) is 20.0. The molecule has 0 aromatic heterocycles. The quantitative estimate of drug-likeness (QED) is 0.221. The van der Waals surface area contributed by atoms with Crippen LogP contribution in [0.15, 0.2) is 0 Å². The molecule has 0 saturated heterocycles. The number of hydrogen-bond donors (Lipinski definition) is 0. The van der Waals surface area contributed by atoms with Crippen molar-refractivity contribution in [2.24, 2.45) is 0 Å². The molecule has 1 unspecified atom stereocenters. The molecular formula is CH2NaOP. The van der Waals surface area contributed by atoms with E-state index in [1.165, 1.54) is 0 Å². The third kappa shape index (κ3) is 11.7. The second-order valence-electron chi connectivity index (χ2n) is 0.118. The van der Waals surface area contributed by atoms with Gasteiger partial charge in [-0.25, -0.2) is 8.26 Å². The van der Waals surface area contributed by atoms with Crippen molar-refractivity contribution < 1.29 is 34.5 Å². The first-order chi connectivity index (χ1) is 1.41. The van der Waals surface area contributed by atoms with Gasteiger partial charge in [-0.15, -0.1) is 0 Å². The first-order valence-corrected chi connectivity index (χ1v) is 1.48. The number of rotatable bonds is 0. The topological polar surface area (TPSA) is 23.1 Å². The van der Waals surface area contributed by atoms with Crippen LogP contribution in [0.1, 0.15) is 0 Å². The molecule has 3 heteroatoms. The van der Waals surface area contributed by atoms with E-state index in [4.69, 9.17) is 4.89 Å². The van der Waals surface area contributed by atoms with E-state index in [2.05, 4.69) is 6.13 Å². The van der Waals surface area contributed by atoms with Gasteiger partial charge in [0.05, 0.1) is 0 Å². The summed E-state index contributed by atoms with van der Waals surface area (Å²) < 4.78 is 0. The minimum Gasteiger partial charge on any atom is -0.808 e. The molecule has 1 nitrogen and oxygen atoms in total. The van der Waals surface area contributed by atoms with Gasteiger partial charge in [-0.3, -0.25) is 0 Å². The van der Waals surface area contributed by atoms with E-state index in [0.29, 0.717) is 0 Å². The number of hydrogen-bond acceptors (Lipinski definition) is 1. The maximum Gasteiger partial charge on any atom is 1.00 e. The summed E-state index contributed by atoms with van der Waals surface area (Å²) in [6, 6.07) is 0. The van der Waals surface area contributed by atoms with Crippen molar-refractivity contribution in [3.05, 3.63) is 0 Å². The van der Waals surface area contributed by atoms with Crippen LogP contribution in [0.2, 0.25) is 0 Å². The molecular weight excluding hydrogens is 82.0 g/mol. The Balaban J connectivity index is 0. The van der Waals surface area contributed by atoms with E-state index < -0.39 is 8.26 Å². The van der Waals surface area contributed by atoms with Crippen molar-refractivity contribution in [1.29, 1.82) is 0 Å². The molecule has 0 N–H and O–H groups in total. The average Bonchev–Trinajstić information content (AvgIpc) is 0.918. The summed E-state index contributed by atoms with van der Waals surface area (Å²) in [5, 5.41) is 0. The Labute approximate surface area is 48.9 Å². The Bertz CT molecular complexity index is 29.5. The Morgan fingerprint density at radius 2 is 1.75 bits per heavy atom. The Morgan fingerprint density at radius 1 is 1.75 bits per heavy atom. The van der Waals surface area contributed by atoms with Crippen LogP contribution in [0, 0.1) is 6.13 Å². The van der Waals surface area contributed by atoms with Crippen LogP contribution in [-0.2, 0) is 0 Å². The van der Waals surface area contributed by atoms with Crippen LogP contribution in [0.25, 0.3) is 0 Å². The molecule has 0 bridgehead atoms. The van der Waals surface area contributed by atoms with Crippen molar-refractivity contribution in [1.82, 2.24) is 0 Å². The van der Waals surface area contributed by atoms with Crippen molar-refractivity contribution in [3.8, 4) is 6.13 Å². The van der Waals surface area contributed by atoms with E-state index in [9.17, 15) is 0 Å². The second-order valence-corrected chi connectivity index (χ2v) is 0.354. The van der Waals surface area contributed by atoms with E-state index >= 15 is 0 Å². The molecule has 0 aromatic carbocycles. The van der Waals surface area contributed by atoms with Gasteiger partial charge in [0.15, 0.2) is 0 Å². The van der Waals surface area contributed by atoms with Crippen LogP contribution in [0.4, 0.5) is 0 Å². The summed E-state index contributed by atoms with van der Waals surface area (Å²) in [5.41, 5.74) is 0. The molecule has 0 aliphatic carbocycles. The molecule has 0 radical (unpaired) electrons. The van der Waals surface area contributed by atoms with E-state index in [1.54, 1.807) is 0 Å². The molecule has 0 aliphatic rings. The van der Waals surface area contributed by atoms with Gasteiger partial charge in [-0.2, -0.15) is 6.13 Å². The Hall–Kier alpha value is 1.04. The first-order valence-electron chi connectivity index (χ1n) is 0.493. The summed E-state index contributed by atoms with van der Waals surface area (Å²) in [7, 11) is -0.667. The van der Waals surface area contributed by atoms with Crippen molar-refractivity contribution in [3.63, 3.8) is 0 Å². The predicted molar refractivity (Wildman–Crippen MR) is 13.3 cm³/mol. The fourth-order valence-corrected chi connectivity index (χ4v) is 0. The molecule has 0 saturated carbocycles. The zero-order chi connectivity index (χ0) is 2.71. The summed E-state index contributed by atoms with van der Waals surface area (Å²) in [6.45, 7) is 0. The third-order valence-corrected chi connectivity index (χ3v) is 0. The van der Waals surface area contributed by atoms with Gasteiger partial charge in [0, 0.05) is 0 Å². The standard InChI is InChI=1S/CH2OP.Na/c1-3-2;/h1,3H;/q-1;+1. The van der Waals surface area contributed by atoms with Crippen molar-refractivity contribution in [2.45, 2.75) is 0 Å². The van der Waals surface area contributed by atoms with Gasteiger partial charge in [0.2, 0.25) is 0 Å². The van der Waals surface area contributed by atoms with Crippen LogP contribution < -0.4 is 34.5 Å². The Morgan fingerprint density at radius 3 is 1.75 bits per heavy atom. The fraction of sp³-hybridized carbons (Fsp3) is 0. The molecule has 18 valence electrons. The zero-order valence-electron chi connectivity index (χ0n) is 2.49. The molecule has 0 aliphatic heterocycles. The van der Waals surface area contributed by atoms with Gasteiger partial charge in [0.1, 0.15) is 0 Å². The molecule has 0 spiro atoms. The van der Waals surface area contributed by atoms with Crippen molar-refractivity contribution >= 4 is 8.26 Å². The molecule has 0 heterocycles. The second kappa shape index (κ2) is 8.97. The minimum atomic E-state index is -0.667. The smallest absolute Gasteiger partial charge is 0.808 e. The largest absolute Gasteiger partial charge is 1.00 e. The fourth-order valence-electron chi connectivity index (χ4n) is 0. The molecule has 0 aromatic rings. The average molecular weight is 84.0 g/mol. The first kappa shape index (κ1) is 8.90. The predicted octanol–water partition coefficient (Wildman–Crippen LogP) is -3.47. The van der Waals surface area contributed by atoms with E-state index in [0.717, 1.165) is 0 Å². The van der Waals surface area contributed by atoms with Gasteiger partial charge < -0.3 is 4.89 Å². The van der Waals surface area contributed by atoms with E-state index in [1.807, 2.05) is 0 Å². The third-order valence-electron chi connectivity index (χ3n) is 0. The van der Waals surface area contributed by atoms with Gasteiger partial charge in [-0.1, -0.05) is 0 Å². The van der Waals surface area contributed by atoms with Crippen molar-refractivity contribution in [2.75, 3.05) is 0 Å². The molecule has 0 rings (SSSR count). The molecule has 1 atom stereocenters. The van der Waals surface area contributed by atoms with E-state index in [-0.39, 0.29) is 29.6 Å². The van der Waals surface area contributed by atoms with Gasteiger partial charge in [0.25, 0.3) is 0 Å². The zero-order valence-corrected chi connectivity index (χ0v) is 5.49. The molecule has 4 heavy (non-hydrogen) atoms.